The van der Waals surface area contributed by atoms with Crippen LogP contribution in [0.4, 0.5) is 5.69 Å². The summed E-state index contributed by atoms with van der Waals surface area (Å²) < 4.78 is 22.2. The van der Waals surface area contributed by atoms with E-state index in [0.29, 0.717) is 15.6 Å². The lowest BCUT2D eigenvalue weighted by atomic mass is 10.1. The summed E-state index contributed by atoms with van der Waals surface area (Å²) in [7, 11) is -3.61. The van der Waals surface area contributed by atoms with Gasteiger partial charge in [-0.2, -0.15) is 5.26 Å². The van der Waals surface area contributed by atoms with Gasteiger partial charge in [-0.1, -0.05) is 11.6 Å². The van der Waals surface area contributed by atoms with E-state index < -0.39 is 10.0 Å². The number of benzene rings is 1. The molecule has 2 N–H and O–H groups in total. The van der Waals surface area contributed by atoms with Crippen LogP contribution in [0.25, 0.3) is 0 Å². The van der Waals surface area contributed by atoms with Gasteiger partial charge in [0.15, 0.2) is 0 Å². The lowest BCUT2D eigenvalue weighted by Crippen LogP contribution is -2.27. The molecule has 1 atom stereocenters. The summed E-state index contributed by atoms with van der Waals surface area (Å²) >= 11 is 7.10. The molecular weight excluding hydrogens is 334 g/mol. The van der Waals surface area contributed by atoms with E-state index >= 15 is 0 Å². The van der Waals surface area contributed by atoms with Gasteiger partial charge in [-0.15, -0.1) is 0 Å². The molecule has 1 aliphatic rings. The van der Waals surface area contributed by atoms with Crippen molar-refractivity contribution in [2.45, 2.75) is 11.3 Å². The number of rotatable bonds is 4. The largest absolute Gasteiger partial charge is 0.311 e. The molecule has 1 saturated heterocycles. The highest BCUT2D eigenvalue weighted by molar-refractivity contribution is 8.03. The molecule has 1 fully saturated rings. The highest BCUT2D eigenvalue weighted by Crippen LogP contribution is 2.34. The maximum atomic E-state index is 12.0. The van der Waals surface area contributed by atoms with Crippen molar-refractivity contribution in [2.24, 2.45) is 11.1 Å². The molecule has 1 aromatic carbocycles. The van der Waals surface area contributed by atoms with Crippen LogP contribution >= 0.6 is 23.4 Å². The predicted octanol–water partition coefficient (Wildman–Crippen LogP) is 1.55. The first-order valence-corrected chi connectivity index (χ1v) is 8.87. The standard InChI is InChI=1S/C12H12ClN3O3S2/c13-10-4-9(20-7-14)1-2-11(10)16-5-8(3-12(16)17)6-21(15,18)19/h1-2,4,8H,3,5-6H2,(H2,15,18,19). The van der Waals surface area contributed by atoms with Crippen molar-refractivity contribution >= 4 is 45.0 Å². The first-order valence-electron chi connectivity index (χ1n) is 5.96. The fourth-order valence-corrected chi connectivity index (χ4v) is 3.92. The van der Waals surface area contributed by atoms with Crippen LogP contribution in [0.2, 0.25) is 5.02 Å². The van der Waals surface area contributed by atoms with Gasteiger partial charge >= 0.3 is 0 Å². The minimum atomic E-state index is -3.61. The molecule has 6 nitrogen and oxygen atoms in total. The number of hydrogen-bond donors (Lipinski definition) is 1. The predicted molar refractivity (Wildman–Crippen MR) is 81.4 cm³/mol. The molecule has 21 heavy (non-hydrogen) atoms. The molecule has 1 unspecified atom stereocenters. The van der Waals surface area contributed by atoms with Crippen molar-refractivity contribution in [1.82, 2.24) is 0 Å². The molecule has 0 radical (unpaired) electrons. The van der Waals surface area contributed by atoms with E-state index in [2.05, 4.69) is 0 Å². The molecule has 0 bridgehead atoms. The van der Waals surface area contributed by atoms with Crippen LogP contribution in [-0.4, -0.2) is 26.6 Å². The number of anilines is 1. The maximum Gasteiger partial charge on any atom is 0.227 e. The molecule has 1 heterocycles. The minimum absolute atomic E-state index is 0.126. The molecule has 0 aliphatic carbocycles. The van der Waals surface area contributed by atoms with E-state index in [1.54, 1.807) is 18.2 Å². The average molecular weight is 346 g/mol. The number of halogens is 1. The Balaban J connectivity index is 2.19. The van der Waals surface area contributed by atoms with E-state index in [0.717, 1.165) is 11.8 Å². The number of nitriles is 1. The third-order valence-corrected chi connectivity index (χ3v) is 4.87. The number of hydrogen-bond acceptors (Lipinski definition) is 5. The van der Waals surface area contributed by atoms with Gasteiger partial charge in [-0.25, -0.2) is 13.6 Å². The molecule has 1 amide bonds. The van der Waals surface area contributed by atoms with E-state index in [1.807, 2.05) is 5.40 Å². The summed E-state index contributed by atoms with van der Waals surface area (Å²) in [6.07, 6.45) is 0.126. The third kappa shape index (κ3) is 4.11. The Morgan fingerprint density at radius 3 is 2.81 bits per heavy atom. The second-order valence-electron chi connectivity index (χ2n) is 4.71. The smallest absolute Gasteiger partial charge is 0.227 e. The van der Waals surface area contributed by atoms with Crippen molar-refractivity contribution in [3.05, 3.63) is 23.2 Å². The Morgan fingerprint density at radius 1 is 1.52 bits per heavy atom. The Bertz CT molecular complexity index is 715. The van der Waals surface area contributed by atoms with Crippen LogP contribution < -0.4 is 10.0 Å². The monoisotopic (exact) mass is 345 g/mol. The highest BCUT2D eigenvalue weighted by Gasteiger charge is 2.33. The number of thioether (sulfide) groups is 1. The van der Waals surface area contributed by atoms with Crippen LogP contribution in [0.1, 0.15) is 6.42 Å². The van der Waals surface area contributed by atoms with Crippen LogP contribution in [0.5, 0.6) is 0 Å². The van der Waals surface area contributed by atoms with Gasteiger partial charge in [0.25, 0.3) is 0 Å². The fourth-order valence-electron chi connectivity index (χ4n) is 2.28. The molecule has 1 aliphatic heterocycles. The number of primary sulfonamides is 1. The van der Waals surface area contributed by atoms with Crippen LogP contribution in [0.15, 0.2) is 23.1 Å². The highest BCUT2D eigenvalue weighted by atomic mass is 35.5. The van der Waals surface area contributed by atoms with Gasteiger partial charge in [-0.3, -0.25) is 4.79 Å². The zero-order valence-electron chi connectivity index (χ0n) is 10.8. The lowest BCUT2D eigenvalue weighted by molar-refractivity contribution is -0.117. The fraction of sp³-hybridized carbons (Fsp3) is 0.333. The molecule has 9 heteroatoms. The van der Waals surface area contributed by atoms with Crippen LogP contribution in [0, 0.1) is 16.6 Å². The van der Waals surface area contributed by atoms with Gasteiger partial charge in [0.1, 0.15) is 5.40 Å². The molecular formula is C12H12ClN3O3S2. The first-order chi connectivity index (χ1) is 9.80. The van der Waals surface area contributed by atoms with Gasteiger partial charge in [0, 0.05) is 23.8 Å². The molecule has 0 spiro atoms. The van der Waals surface area contributed by atoms with Gasteiger partial charge in [0.2, 0.25) is 15.9 Å². The summed E-state index contributed by atoms with van der Waals surface area (Å²) in [5.41, 5.74) is 0.515. The number of nitrogens with two attached hydrogens (primary N) is 1. The van der Waals surface area contributed by atoms with Gasteiger partial charge in [-0.05, 0) is 30.0 Å². The average Bonchev–Trinajstić information content (AvgIpc) is 2.68. The number of amides is 1. The zero-order valence-corrected chi connectivity index (χ0v) is 13.2. The van der Waals surface area contributed by atoms with Crippen molar-refractivity contribution in [3.63, 3.8) is 0 Å². The molecule has 2 rings (SSSR count). The molecule has 112 valence electrons. The Hall–Kier alpha value is -1.27. The van der Waals surface area contributed by atoms with Crippen LogP contribution in [-0.2, 0) is 14.8 Å². The van der Waals surface area contributed by atoms with E-state index in [4.69, 9.17) is 22.0 Å². The number of sulfonamides is 1. The summed E-state index contributed by atoms with van der Waals surface area (Å²) in [5.74, 6) is -0.752. The second-order valence-corrected chi connectivity index (χ2v) is 7.63. The molecule has 0 saturated carbocycles. The number of carbonyl (C=O) groups excluding carboxylic acids is 1. The Labute approximate surface area is 131 Å². The van der Waals surface area contributed by atoms with Crippen molar-refractivity contribution in [2.75, 3.05) is 17.2 Å². The van der Waals surface area contributed by atoms with Crippen molar-refractivity contribution < 1.29 is 13.2 Å². The van der Waals surface area contributed by atoms with Gasteiger partial charge in [0.05, 0.1) is 16.5 Å². The lowest BCUT2D eigenvalue weighted by Gasteiger charge is -2.18. The van der Waals surface area contributed by atoms with Gasteiger partial charge < -0.3 is 4.90 Å². The summed E-state index contributed by atoms with van der Waals surface area (Å²) in [6.45, 7) is 0.264. The van der Waals surface area contributed by atoms with Crippen molar-refractivity contribution in [1.29, 1.82) is 5.26 Å². The summed E-state index contributed by atoms with van der Waals surface area (Å²) in [4.78, 5) is 14.1. The van der Waals surface area contributed by atoms with E-state index in [-0.39, 0.29) is 30.5 Å². The SMILES string of the molecule is N#CSc1ccc(N2CC(CS(N)(=O)=O)CC2=O)c(Cl)c1. The number of carbonyl (C=O) groups is 1. The van der Waals surface area contributed by atoms with Crippen LogP contribution in [0.3, 0.4) is 0 Å². The Morgan fingerprint density at radius 2 is 2.24 bits per heavy atom. The van der Waals surface area contributed by atoms with Crippen molar-refractivity contribution in [3.8, 4) is 5.40 Å². The van der Waals surface area contributed by atoms with E-state index in [9.17, 15) is 13.2 Å². The normalized spacial score (nSPS) is 18.8. The zero-order chi connectivity index (χ0) is 15.6. The maximum absolute atomic E-state index is 12.0. The Kier molecular flexibility index (Phi) is 4.78. The number of thiocyanates is 1. The molecule has 0 aromatic heterocycles. The topological polar surface area (TPSA) is 104 Å². The summed E-state index contributed by atoms with van der Waals surface area (Å²) in [6, 6.07) is 4.94. The second kappa shape index (κ2) is 6.23. The summed E-state index contributed by atoms with van der Waals surface area (Å²) in [5, 5.41) is 15.9. The minimum Gasteiger partial charge on any atom is -0.311 e. The molecule has 1 aromatic rings. The van der Waals surface area contributed by atoms with E-state index in [1.165, 1.54) is 4.90 Å². The quantitative estimate of drug-likeness (QED) is 0.658. The number of nitrogens with zero attached hydrogens (tertiary/aromatic N) is 2. The third-order valence-electron chi connectivity index (χ3n) is 3.05. The first kappa shape index (κ1) is 16.1.